The molecule has 0 atom stereocenters. The van der Waals surface area contributed by atoms with Crippen molar-refractivity contribution in [1.82, 2.24) is 0 Å². The third-order valence-electron chi connectivity index (χ3n) is 2.17. The molecule has 1 aromatic carbocycles. The van der Waals surface area contributed by atoms with E-state index in [2.05, 4.69) is 4.74 Å². The number of benzene rings is 1. The molecule has 1 aromatic heterocycles. The Bertz CT molecular complexity index is 506. The minimum atomic E-state index is -0.365. The summed E-state index contributed by atoms with van der Waals surface area (Å²) in [4.78, 5) is 0. The van der Waals surface area contributed by atoms with Crippen LogP contribution in [0.1, 0.15) is 0 Å². The van der Waals surface area contributed by atoms with E-state index >= 15 is 0 Å². The van der Waals surface area contributed by atoms with Gasteiger partial charge in [0.15, 0.2) is 18.6 Å². The first-order chi connectivity index (χ1) is 7.29. The van der Waals surface area contributed by atoms with Gasteiger partial charge in [0.25, 0.3) is 0 Å². The van der Waals surface area contributed by atoms with Crippen molar-refractivity contribution in [1.29, 1.82) is 0 Å². The van der Waals surface area contributed by atoms with Crippen LogP contribution in [0.3, 0.4) is 0 Å². The average molecular weight is 201 g/mol. The van der Waals surface area contributed by atoms with Gasteiger partial charge in [-0.3, -0.25) is 0 Å². The SMILES string of the molecule is CO/C([O-])=C/[n+]1ccc2ccccc2c1. The second-order valence-electron chi connectivity index (χ2n) is 3.17. The fourth-order valence-electron chi connectivity index (χ4n) is 1.40. The summed E-state index contributed by atoms with van der Waals surface area (Å²) >= 11 is 0. The van der Waals surface area contributed by atoms with Crippen LogP contribution < -0.4 is 9.67 Å². The van der Waals surface area contributed by atoms with Gasteiger partial charge in [0.1, 0.15) is 5.95 Å². The molecule has 0 aliphatic carbocycles. The van der Waals surface area contributed by atoms with Crippen LogP contribution in [0.5, 0.6) is 0 Å². The summed E-state index contributed by atoms with van der Waals surface area (Å²) in [6.45, 7) is 0. The Labute approximate surface area is 87.9 Å². The monoisotopic (exact) mass is 201 g/mol. The Morgan fingerprint density at radius 3 is 2.73 bits per heavy atom. The van der Waals surface area contributed by atoms with E-state index in [9.17, 15) is 5.11 Å². The number of methoxy groups -OCH3 is 1. The zero-order valence-corrected chi connectivity index (χ0v) is 8.38. The third-order valence-corrected chi connectivity index (χ3v) is 2.17. The number of hydrogen-bond acceptors (Lipinski definition) is 2. The van der Waals surface area contributed by atoms with Gasteiger partial charge in [-0.05, 0) is 18.6 Å². The molecule has 0 bridgehead atoms. The van der Waals surface area contributed by atoms with E-state index in [4.69, 9.17) is 0 Å². The molecule has 3 nitrogen and oxygen atoms in total. The summed E-state index contributed by atoms with van der Waals surface area (Å²) in [5, 5.41) is 13.2. The van der Waals surface area contributed by atoms with E-state index in [0.717, 1.165) is 10.8 Å². The lowest BCUT2D eigenvalue weighted by atomic mass is 10.2. The van der Waals surface area contributed by atoms with Crippen LogP contribution in [0.4, 0.5) is 0 Å². The van der Waals surface area contributed by atoms with Crippen molar-refractivity contribution in [2.75, 3.05) is 7.11 Å². The molecule has 0 fully saturated rings. The van der Waals surface area contributed by atoms with Crippen LogP contribution in [0.15, 0.2) is 48.7 Å². The molecular weight excluding hydrogens is 190 g/mol. The minimum Gasteiger partial charge on any atom is -0.613 e. The molecule has 2 rings (SSSR count). The van der Waals surface area contributed by atoms with E-state index in [1.165, 1.54) is 13.3 Å². The maximum Gasteiger partial charge on any atom is 0.196 e. The molecular formula is C12H11NO2. The maximum atomic E-state index is 11.0. The van der Waals surface area contributed by atoms with E-state index in [-0.39, 0.29) is 5.95 Å². The summed E-state index contributed by atoms with van der Waals surface area (Å²) in [5.41, 5.74) is 0. The number of aromatic nitrogens is 1. The van der Waals surface area contributed by atoms with Gasteiger partial charge in [0, 0.05) is 11.5 Å². The molecule has 2 aromatic rings. The molecule has 3 heteroatoms. The predicted molar refractivity (Wildman–Crippen MR) is 55.4 cm³/mol. The number of pyridine rings is 1. The largest absolute Gasteiger partial charge is 0.613 e. The second-order valence-corrected chi connectivity index (χ2v) is 3.17. The summed E-state index contributed by atoms with van der Waals surface area (Å²) < 4.78 is 6.24. The highest BCUT2D eigenvalue weighted by atomic mass is 16.6. The lowest BCUT2D eigenvalue weighted by molar-refractivity contribution is -0.573. The fraction of sp³-hybridized carbons (Fsp3) is 0.0833. The number of rotatable bonds is 2. The smallest absolute Gasteiger partial charge is 0.196 e. The van der Waals surface area contributed by atoms with Crippen LogP contribution >= 0.6 is 0 Å². The van der Waals surface area contributed by atoms with Gasteiger partial charge >= 0.3 is 0 Å². The highest BCUT2D eigenvalue weighted by Crippen LogP contribution is 2.09. The molecule has 0 radical (unpaired) electrons. The zero-order valence-electron chi connectivity index (χ0n) is 8.38. The number of ether oxygens (including phenoxy) is 1. The average Bonchev–Trinajstić information content (AvgIpc) is 2.29. The lowest BCUT2D eigenvalue weighted by Gasteiger charge is -2.04. The molecule has 0 saturated carbocycles. The standard InChI is InChI=1S/C12H11NO2/c1-15-12(14)9-13-7-6-10-4-2-3-5-11(10)8-13/h2-9H,1H3/b12-9+. The summed E-state index contributed by atoms with van der Waals surface area (Å²) in [7, 11) is 1.36. The fourth-order valence-corrected chi connectivity index (χ4v) is 1.40. The van der Waals surface area contributed by atoms with Gasteiger partial charge in [-0.15, -0.1) is 0 Å². The second kappa shape index (κ2) is 4.00. The quantitative estimate of drug-likeness (QED) is 0.534. The first kappa shape index (κ1) is 9.52. The summed E-state index contributed by atoms with van der Waals surface area (Å²) in [5.74, 6) is -0.365. The van der Waals surface area contributed by atoms with Crippen LogP contribution in [0.2, 0.25) is 0 Å². The Morgan fingerprint density at radius 1 is 1.27 bits per heavy atom. The zero-order chi connectivity index (χ0) is 10.7. The van der Waals surface area contributed by atoms with Crippen LogP contribution in [-0.2, 0) is 4.74 Å². The van der Waals surface area contributed by atoms with Crippen molar-refractivity contribution < 1.29 is 14.4 Å². The maximum absolute atomic E-state index is 11.0. The van der Waals surface area contributed by atoms with Crippen LogP contribution in [0, 0.1) is 0 Å². The number of hydrogen-bond donors (Lipinski definition) is 0. The predicted octanol–water partition coefficient (Wildman–Crippen LogP) is 0.890. The van der Waals surface area contributed by atoms with Gasteiger partial charge in [0.2, 0.25) is 0 Å². The van der Waals surface area contributed by atoms with Crippen molar-refractivity contribution in [3.05, 3.63) is 48.7 Å². The van der Waals surface area contributed by atoms with Gasteiger partial charge in [-0.1, -0.05) is 18.2 Å². The van der Waals surface area contributed by atoms with Crippen LogP contribution in [0.25, 0.3) is 17.0 Å². The Balaban J connectivity index is 2.47. The van der Waals surface area contributed by atoms with Gasteiger partial charge in [0.05, 0.1) is 0 Å². The van der Waals surface area contributed by atoms with Crippen molar-refractivity contribution in [2.45, 2.75) is 0 Å². The van der Waals surface area contributed by atoms with Crippen molar-refractivity contribution >= 4 is 17.0 Å². The van der Waals surface area contributed by atoms with Crippen LogP contribution in [-0.4, -0.2) is 7.11 Å². The van der Waals surface area contributed by atoms with Crippen molar-refractivity contribution in [2.24, 2.45) is 0 Å². The van der Waals surface area contributed by atoms with Crippen molar-refractivity contribution in [3.8, 4) is 0 Å². The number of fused-ring (bicyclic) bond motifs is 1. The molecule has 1 heterocycles. The van der Waals surface area contributed by atoms with Gasteiger partial charge < -0.3 is 9.84 Å². The highest BCUT2D eigenvalue weighted by Gasteiger charge is 1.99. The molecule has 0 amide bonds. The molecule has 0 N–H and O–H groups in total. The topological polar surface area (TPSA) is 36.2 Å². The Kier molecular flexibility index (Phi) is 2.54. The van der Waals surface area contributed by atoms with E-state index in [0.29, 0.717) is 0 Å². The normalized spacial score (nSPS) is 11.7. The summed E-state index contributed by atoms with van der Waals surface area (Å²) in [6, 6.07) is 9.92. The Morgan fingerprint density at radius 2 is 2.00 bits per heavy atom. The van der Waals surface area contributed by atoms with Crippen molar-refractivity contribution in [3.63, 3.8) is 0 Å². The highest BCUT2D eigenvalue weighted by molar-refractivity contribution is 5.80. The van der Waals surface area contributed by atoms with E-state index < -0.39 is 0 Å². The molecule has 15 heavy (non-hydrogen) atoms. The molecule has 0 spiro atoms. The van der Waals surface area contributed by atoms with Gasteiger partial charge in [-0.2, -0.15) is 4.57 Å². The lowest BCUT2D eigenvalue weighted by Crippen LogP contribution is -2.27. The Hall–Kier alpha value is -2.03. The number of nitrogens with zero attached hydrogens (tertiary/aromatic N) is 1. The third kappa shape index (κ3) is 2.07. The minimum absolute atomic E-state index is 0.365. The molecule has 0 aliphatic rings. The summed E-state index contributed by atoms with van der Waals surface area (Å²) in [6.07, 6.45) is 5.10. The molecule has 76 valence electrons. The first-order valence-electron chi connectivity index (χ1n) is 4.62. The molecule has 0 unspecified atom stereocenters. The van der Waals surface area contributed by atoms with Gasteiger partial charge in [-0.25, -0.2) is 0 Å². The molecule has 0 saturated heterocycles. The molecule has 0 aliphatic heterocycles. The van der Waals surface area contributed by atoms with E-state index in [1.807, 2.05) is 42.7 Å². The van der Waals surface area contributed by atoms with E-state index in [1.54, 1.807) is 4.57 Å². The first-order valence-corrected chi connectivity index (χ1v) is 4.62.